The van der Waals surface area contributed by atoms with Crippen LogP contribution in [-0.2, 0) is 0 Å². The number of nitrogens with zero attached hydrogens (tertiary/aromatic N) is 1. The molecule has 1 unspecified atom stereocenters. The minimum Gasteiger partial charge on any atom is -0.395 e. The SMILES string of the molecule is CCC1CCN(CC(CO)NC)CC1. The highest BCUT2D eigenvalue weighted by atomic mass is 16.3. The third-order valence-corrected chi connectivity index (χ3v) is 3.39. The smallest absolute Gasteiger partial charge is 0.0597 e. The van der Waals surface area contributed by atoms with Gasteiger partial charge in [-0.1, -0.05) is 13.3 Å². The third kappa shape index (κ3) is 3.56. The molecule has 1 atom stereocenters. The second-order valence-corrected chi connectivity index (χ2v) is 4.32. The van der Waals surface area contributed by atoms with Crippen LogP contribution in [0.15, 0.2) is 0 Å². The normalized spacial score (nSPS) is 22.5. The molecule has 3 nitrogen and oxygen atoms in total. The maximum absolute atomic E-state index is 9.07. The first-order chi connectivity index (χ1) is 6.80. The van der Waals surface area contributed by atoms with Crippen molar-refractivity contribution in [1.82, 2.24) is 10.2 Å². The minimum atomic E-state index is 0.240. The molecule has 0 amide bonds. The van der Waals surface area contributed by atoms with E-state index >= 15 is 0 Å². The first-order valence-electron chi connectivity index (χ1n) is 5.80. The summed E-state index contributed by atoms with van der Waals surface area (Å²) in [6.45, 7) is 5.92. The zero-order valence-electron chi connectivity index (χ0n) is 9.50. The van der Waals surface area contributed by atoms with Gasteiger partial charge in [-0.25, -0.2) is 0 Å². The Hall–Kier alpha value is -0.120. The van der Waals surface area contributed by atoms with Gasteiger partial charge in [0, 0.05) is 12.6 Å². The molecule has 1 aliphatic rings. The van der Waals surface area contributed by atoms with Crippen LogP contribution in [0, 0.1) is 5.92 Å². The van der Waals surface area contributed by atoms with Gasteiger partial charge < -0.3 is 15.3 Å². The van der Waals surface area contributed by atoms with Crippen LogP contribution in [0.4, 0.5) is 0 Å². The molecule has 84 valence electrons. The zero-order chi connectivity index (χ0) is 10.4. The second-order valence-electron chi connectivity index (χ2n) is 4.32. The van der Waals surface area contributed by atoms with E-state index in [0.29, 0.717) is 0 Å². The van der Waals surface area contributed by atoms with Gasteiger partial charge in [0.25, 0.3) is 0 Å². The van der Waals surface area contributed by atoms with Crippen molar-refractivity contribution < 1.29 is 5.11 Å². The van der Waals surface area contributed by atoms with Crippen LogP contribution < -0.4 is 5.32 Å². The van der Waals surface area contributed by atoms with Crippen molar-refractivity contribution in [2.75, 3.05) is 33.3 Å². The van der Waals surface area contributed by atoms with E-state index in [1.54, 1.807) is 0 Å². The van der Waals surface area contributed by atoms with E-state index in [-0.39, 0.29) is 12.6 Å². The number of aliphatic hydroxyl groups excluding tert-OH is 1. The molecular weight excluding hydrogens is 176 g/mol. The molecule has 2 N–H and O–H groups in total. The van der Waals surface area contributed by atoms with Crippen molar-refractivity contribution in [1.29, 1.82) is 0 Å². The van der Waals surface area contributed by atoms with Crippen molar-refractivity contribution in [3.63, 3.8) is 0 Å². The van der Waals surface area contributed by atoms with Crippen LogP contribution in [-0.4, -0.2) is 49.3 Å². The highest BCUT2D eigenvalue weighted by molar-refractivity contribution is 4.75. The van der Waals surface area contributed by atoms with Gasteiger partial charge in [-0.15, -0.1) is 0 Å². The number of piperidine rings is 1. The number of rotatable bonds is 5. The maximum atomic E-state index is 9.07. The van der Waals surface area contributed by atoms with E-state index < -0.39 is 0 Å². The van der Waals surface area contributed by atoms with E-state index in [0.717, 1.165) is 12.5 Å². The zero-order valence-corrected chi connectivity index (χ0v) is 9.50. The number of nitrogens with one attached hydrogen (secondary N) is 1. The van der Waals surface area contributed by atoms with Gasteiger partial charge in [0.15, 0.2) is 0 Å². The Kier molecular flexibility index (Phi) is 5.45. The largest absolute Gasteiger partial charge is 0.395 e. The molecule has 1 aliphatic heterocycles. The Balaban J connectivity index is 2.21. The fourth-order valence-corrected chi connectivity index (χ4v) is 2.13. The Morgan fingerprint density at radius 2 is 2.07 bits per heavy atom. The molecule has 0 aromatic carbocycles. The van der Waals surface area contributed by atoms with E-state index in [1.165, 1.54) is 32.4 Å². The van der Waals surface area contributed by atoms with Crippen LogP contribution >= 0.6 is 0 Å². The minimum absolute atomic E-state index is 0.240. The molecule has 1 saturated heterocycles. The number of hydrogen-bond acceptors (Lipinski definition) is 3. The topological polar surface area (TPSA) is 35.5 Å². The molecule has 1 fully saturated rings. The van der Waals surface area contributed by atoms with Gasteiger partial charge in [0.1, 0.15) is 0 Å². The van der Waals surface area contributed by atoms with Crippen LogP contribution in [0.1, 0.15) is 26.2 Å². The standard InChI is InChI=1S/C11H24N2O/c1-3-10-4-6-13(7-5-10)8-11(9-14)12-2/h10-12,14H,3-9H2,1-2H3. The molecule has 0 aliphatic carbocycles. The first kappa shape index (κ1) is 12.0. The van der Waals surface area contributed by atoms with Gasteiger partial charge in [-0.2, -0.15) is 0 Å². The number of likely N-dealkylation sites (tertiary alicyclic amines) is 1. The van der Waals surface area contributed by atoms with Crippen LogP contribution in [0.25, 0.3) is 0 Å². The predicted octanol–water partition coefficient (Wildman–Crippen LogP) is 0.689. The molecule has 0 spiro atoms. The molecular formula is C11H24N2O. The van der Waals surface area contributed by atoms with Crippen molar-refractivity contribution in [2.24, 2.45) is 5.92 Å². The molecule has 0 bridgehead atoms. The average molecular weight is 200 g/mol. The van der Waals surface area contributed by atoms with Crippen LogP contribution in [0.5, 0.6) is 0 Å². The summed E-state index contributed by atoms with van der Waals surface area (Å²) < 4.78 is 0. The molecule has 14 heavy (non-hydrogen) atoms. The lowest BCUT2D eigenvalue weighted by atomic mass is 9.94. The summed E-state index contributed by atoms with van der Waals surface area (Å²) in [5, 5.41) is 12.2. The summed E-state index contributed by atoms with van der Waals surface area (Å²) in [6, 6.07) is 0.244. The highest BCUT2D eigenvalue weighted by Crippen LogP contribution is 2.19. The summed E-state index contributed by atoms with van der Waals surface area (Å²) in [7, 11) is 1.92. The molecule has 0 saturated carbocycles. The van der Waals surface area contributed by atoms with Gasteiger partial charge >= 0.3 is 0 Å². The number of hydrogen-bond donors (Lipinski definition) is 2. The number of aliphatic hydroxyl groups is 1. The lowest BCUT2D eigenvalue weighted by molar-refractivity contribution is 0.143. The molecule has 0 aromatic rings. The molecule has 3 heteroatoms. The van der Waals surface area contributed by atoms with E-state index in [1.807, 2.05) is 7.05 Å². The van der Waals surface area contributed by atoms with Crippen molar-refractivity contribution in [3.05, 3.63) is 0 Å². The highest BCUT2D eigenvalue weighted by Gasteiger charge is 2.19. The summed E-state index contributed by atoms with van der Waals surface area (Å²) in [4.78, 5) is 2.46. The molecule has 0 aromatic heterocycles. The Morgan fingerprint density at radius 1 is 1.43 bits per heavy atom. The lowest BCUT2D eigenvalue weighted by Crippen LogP contribution is -2.44. The molecule has 1 rings (SSSR count). The average Bonchev–Trinajstić information content (AvgIpc) is 2.26. The molecule has 1 heterocycles. The van der Waals surface area contributed by atoms with Gasteiger partial charge in [-0.05, 0) is 38.9 Å². The summed E-state index contributed by atoms with van der Waals surface area (Å²) >= 11 is 0. The van der Waals surface area contributed by atoms with Crippen LogP contribution in [0.3, 0.4) is 0 Å². The van der Waals surface area contributed by atoms with Crippen LogP contribution in [0.2, 0.25) is 0 Å². The van der Waals surface area contributed by atoms with Crippen molar-refractivity contribution in [2.45, 2.75) is 32.2 Å². The predicted molar refractivity (Wildman–Crippen MR) is 59.4 cm³/mol. The van der Waals surface area contributed by atoms with E-state index in [4.69, 9.17) is 5.11 Å². The fraction of sp³-hybridized carbons (Fsp3) is 1.00. The Morgan fingerprint density at radius 3 is 2.50 bits per heavy atom. The van der Waals surface area contributed by atoms with E-state index in [9.17, 15) is 0 Å². The Bertz CT molecular complexity index is 140. The van der Waals surface area contributed by atoms with Crippen molar-refractivity contribution >= 4 is 0 Å². The van der Waals surface area contributed by atoms with Gasteiger partial charge in [-0.3, -0.25) is 0 Å². The van der Waals surface area contributed by atoms with Gasteiger partial charge in [0.05, 0.1) is 6.61 Å². The van der Waals surface area contributed by atoms with Gasteiger partial charge in [0.2, 0.25) is 0 Å². The first-order valence-corrected chi connectivity index (χ1v) is 5.80. The quantitative estimate of drug-likeness (QED) is 0.685. The lowest BCUT2D eigenvalue weighted by Gasteiger charge is -2.33. The second kappa shape index (κ2) is 6.38. The molecule has 0 radical (unpaired) electrons. The maximum Gasteiger partial charge on any atom is 0.0597 e. The third-order valence-electron chi connectivity index (χ3n) is 3.39. The summed E-state index contributed by atoms with van der Waals surface area (Å²) in [5.74, 6) is 0.938. The summed E-state index contributed by atoms with van der Waals surface area (Å²) in [6.07, 6.45) is 3.99. The monoisotopic (exact) mass is 200 g/mol. The Labute approximate surface area is 87.5 Å². The summed E-state index contributed by atoms with van der Waals surface area (Å²) in [5.41, 5.74) is 0. The van der Waals surface area contributed by atoms with Crippen molar-refractivity contribution in [3.8, 4) is 0 Å². The fourth-order valence-electron chi connectivity index (χ4n) is 2.13. The number of likely N-dealkylation sites (N-methyl/N-ethyl adjacent to an activating group) is 1. The van der Waals surface area contributed by atoms with E-state index in [2.05, 4.69) is 17.1 Å².